The van der Waals surface area contributed by atoms with Crippen LogP contribution >= 0.6 is 0 Å². The second kappa shape index (κ2) is 7.53. The van der Waals surface area contributed by atoms with Crippen LogP contribution in [0.15, 0.2) is 12.2 Å². The Morgan fingerprint density at radius 2 is 2.14 bits per heavy atom. The Labute approximate surface area is 84.5 Å². The predicted octanol–water partition coefficient (Wildman–Crippen LogP) is 0.751. The molecule has 0 aliphatic heterocycles. The van der Waals surface area contributed by atoms with E-state index in [2.05, 4.69) is 6.58 Å². The first-order chi connectivity index (χ1) is 6.57. The average molecular weight is 202 g/mol. The summed E-state index contributed by atoms with van der Waals surface area (Å²) in [4.78, 5) is 10.9. The molecular formula is C10H18O4. The minimum absolute atomic E-state index is 0.103. The van der Waals surface area contributed by atoms with Crippen LogP contribution in [-0.2, 0) is 14.3 Å². The van der Waals surface area contributed by atoms with Crippen LogP contribution in [0.1, 0.15) is 13.8 Å². The summed E-state index contributed by atoms with van der Waals surface area (Å²) in [5.74, 6) is -0.282. The fourth-order valence-electron chi connectivity index (χ4n) is 0.654. The predicted molar refractivity (Wildman–Crippen MR) is 52.8 cm³/mol. The molecular weight excluding hydrogens is 184 g/mol. The number of carbonyl (C=O) groups is 1. The van der Waals surface area contributed by atoms with Crippen molar-refractivity contribution in [2.45, 2.75) is 13.8 Å². The quantitative estimate of drug-likeness (QED) is 0.376. The summed E-state index contributed by atoms with van der Waals surface area (Å²) < 4.78 is 9.94. The molecule has 1 unspecified atom stereocenters. The summed E-state index contributed by atoms with van der Waals surface area (Å²) in [5.41, 5.74) is 0.383. The molecule has 4 nitrogen and oxygen atoms in total. The van der Waals surface area contributed by atoms with Gasteiger partial charge in [0.15, 0.2) is 0 Å². The van der Waals surface area contributed by atoms with E-state index >= 15 is 0 Å². The van der Waals surface area contributed by atoms with E-state index in [4.69, 9.17) is 14.6 Å². The van der Waals surface area contributed by atoms with Crippen molar-refractivity contribution in [1.82, 2.24) is 0 Å². The molecule has 0 aliphatic rings. The van der Waals surface area contributed by atoms with Crippen molar-refractivity contribution in [2.75, 3.05) is 26.4 Å². The van der Waals surface area contributed by atoms with Gasteiger partial charge in [0.05, 0.1) is 13.2 Å². The van der Waals surface area contributed by atoms with Gasteiger partial charge in [-0.3, -0.25) is 0 Å². The molecule has 0 aromatic rings. The van der Waals surface area contributed by atoms with Crippen LogP contribution in [0.25, 0.3) is 0 Å². The first kappa shape index (κ1) is 13.1. The zero-order chi connectivity index (χ0) is 11.0. The van der Waals surface area contributed by atoms with Gasteiger partial charge < -0.3 is 14.6 Å². The van der Waals surface area contributed by atoms with Crippen molar-refractivity contribution in [1.29, 1.82) is 0 Å². The van der Waals surface area contributed by atoms with Gasteiger partial charge in [-0.25, -0.2) is 4.79 Å². The maximum Gasteiger partial charge on any atom is 0.333 e. The fraction of sp³-hybridized carbons (Fsp3) is 0.700. The summed E-state index contributed by atoms with van der Waals surface area (Å²) in [6.45, 7) is 8.07. The number of esters is 1. The van der Waals surface area contributed by atoms with Crippen LogP contribution < -0.4 is 0 Å². The number of aliphatic hydroxyl groups is 1. The normalized spacial score (nSPS) is 12.2. The summed E-state index contributed by atoms with van der Waals surface area (Å²) in [5, 5.41) is 8.68. The smallest absolute Gasteiger partial charge is 0.333 e. The molecule has 1 N–H and O–H groups in total. The Kier molecular flexibility index (Phi) is 7.06. The van der Waals surface area contributed by atoms with Crippen molar-refractivity contribution in [3.8, 4) is 0 Å². The molecule has 0 aromatic heterocycles. The van der Waals surface area contributed by atoms with Crippen molar-refractivity contribution in [3.05, 3.63) is 12.2 Å². The zero-order valence-electron chi connectivity index (χ0n) is 8.78. The van der Waals surface area contributed by atoms with E-state index in [-0.39, 0.29) is 19.1 Å². The molecule has 0 radical (unpaired) electrons. The molecule has 0 aromatic carbocycles. The SMILES string of the molecule is C=C(C)C(=O)OCCOCC(C)CO. The van der Waals surface area contributed by atoms with E-state index in [1.54, 1.807) is 6.92 Å². The molecule has 0 saturated heterocycles. The molecule has 0 saturated carbocycles. The first-order valence-corrected chi connectivity index (χ1v) is 4.59. The third-order valence-corrected chi connectivity index (χ3v) is 1.52. The lowest BCUT2D eigenvalue weighted by Gasteiger charge is -2.09. The second-order valence-corrected chi connectivity index (χ2v) is 3.28. The summed E-state index contributed by atoms with van der Waals surface area (Å²) in [7, 11) is 0. The molecule has 0 bridgehead atoms. The number of rotatable bonds is 7. The second-order valence-electron chi connectivity index (χ2n) is 3.28. The fourth-order valence-corrected chi connectivity index (χ4v) is 0.654. The van der Waals surface area contributed by atoms with Crippen LogP contribution in [0.3, 0.4) is 0 Å². The van der Waals surface area contributed by atoms with E-state index in [9.17, 15) is 4.79 Å². The number of carbonyl (C=O) groups excluding carboxylic acids is 1. The van der Waals surface area contributed by atoms with Crippen molar-refractivity contribution < 1.29 is 19.4 Å². The van der Waals surface area contributed by atoms with Gasteiger partial charge in [0.2, 0.25) is 0 Å². The summed E-state index contributed by atoms with van der Waals surface area (Å²) >= 11 is 0. The van der Waals surface area contributed by atoms with Crippen LogP contribution in [-0.4, -0.2) is 37.5 Å². The lowest BCUT2D eigenvalue weighted by molar-refractivity contribution is -0.140. The molecule has 0 rings (SSSR count). The monoisotopic (exact) mass is 202 g/mol. The van der Waals surface area contributed by atoms with Gasteiger partial charge in [0.1, 0.15) is 6.61 Å². The highest BCUT2D eigenvalue weighted by atomic mass is 16.6. The van der Waals surface area contributed by atoms with Gasteiger partial charge in [-0.05, 0) is 6.92 Å². The average Bonchev–Trinajstić information content (AvgIpc) is 2.16. The van der Waals surface area contributed by atoms with E-state index < -0.39 is 5.97 Å². The third kappa shape index (κ3) is 6.62. The highest BCUT2D eigenvalue weighted by molar-refractivity contribution is 5.86. The number of aliphatic hydroxyl groups excluding tert-OH is 1. The third-order valence-electron chi connectivity index (χ3n) is 1.52. The molecule has 82 valence electrons. The lowest BCUT2D eigenvalue weighted by Crippen LogP contribution is -2.15. The molecule has 0 heterocycles. The molecule has 0 fully saturated rings. The van der Waals surface area contributed by atoms with Gasteiger partial charge in [0, 0.05) is 18.1 Å². The highest BCUT2D eigenvalue weighted by Gasteiger charge is 2.03. The van der Waals surface area contributed by atoms with Gasteiger partial charge in [0.25, 0.3) is 0 Å². The molecule has 14 heavy (non-hydrogen) atoms. The number of ether oxygens (including phenoxy) is 2. The topological polar surface area (TPSA) is 55.8 Å². The Morgan fingerprint density at radius 1 is 1.50 bits per heavy atom. The maximum atomic E-state index is 10.9. The molecule has 0 spiro atoms. The van der Waals surface area contributed by atoms with Crippen molar-refractivity contribution in [3.63, 3.8) is 0 Å². The number of hydrogen-bond acceptors (Lipinski definition) is 4. The first-order valence-electron chi connectivity index (χ1n) is 4.59. The van der Waals surface area contributed by atoms with Crippen LogP contribution in [0.5, 0.6) is 0 Å². The van der Waals surface area contributed by atoms with Gasteiger partial charge in [-0.2, -0.15) is 0 Å². The van der Waals surface area contributed by atoms with E-state index in [0.29, 0.717) is 18.8 Å². The molecule has 1 atom stereocenters. The van der Waals surface area contributed by atoms with Crippen molar-refractivity contribution in [2.24, 2.45) is 5.92 Å². The van der Waals surface area contributed by atoms with Gasteiger partial charge in [-0.1, -0.05) is 13.5 Å². The largest absolute Gasteiger partial charge is 0.460 e. The molecule has 0 amide bonds. The Hall–Kier alpha value is -0.870. The van der Waals surface area contributed by atoms with E-state index in [0.717, 1.165) is 0 Å². The van der Waals surface area contributed by atoms with Gasteiger partial charge in [-0.15, -0.1) is 0 Å². The van der Waals surface area contributed by atoms with Crippen LogP contribution in [0, 0.1) is 5.92 Å². The van der Waals surface area contributed by atoms with Crippen LogP contribution in [0.4, 0.5) is 0 Å². The van der Waals surface area contributed by atoms with E-state index in [1.807, 2.05) is 6.92 Å². The Morgan fingerprint density at radius 3 is 2.64 bits per heavy atom. The summed E-state index contributed by atoms with van der Waals surface area (Å²) in [6.07, 6.45) is 0. The summed E-state index contributed by atoms with van der Waals surface area (Å²) in [6, 6.07) is 0. The Balaban J connectivity index is 3.30. The Bertz CT molecular complexity index is 189. The minimum Gasteiger partial charge on any atom is -0.460 e. The number of hydrogen-bond donors (Lipinski definition) is 1. The minimum atomic E-state index is -0.399. The van der Waals surface area contributed by atoms with Crippen LogP contribution in [0.2, 0.25) is 0 Å². The highest BCUT2D eigenvalue weighted by Crippen LogP contribution is 1.95. The lowest BCUT2D eigenvalue weighted by atomic mass is 10.2. The van der Waals surface area contributed by atoms with E-state index in [1.165, 1.54) is 0 Å². The van der Waals surface area contributed by atoms with Crippen molar-refractivity contribution >= 4 is 5.97 Å². The molecule has 4 heteroatoms. The standard InChI is InChI=1S/C10H18O4/c1-8(2)10(12)14-5-4-13-7-9(3)6-11/h9,11H,1,4-7H2,2-3H3. The molecule has 0 aliphatic carbocycles. The zero-order valence-corrected chi connectivity index (χ0v) is 8.78. The maximum absolute atomic E-state index is 10.9. The van der Waals surface area contributed by atoms with Gasteiger partial charge >= 0.3 is 5.97 Å².